The van der Waals surface area contributed by atoms with Crippen LogP contribution in [0.25, 0.3) is 6.08 Å². The molecule has 1 aliphatic heterocycles. The molecule has 16 heavy (non-hydrogen) atoms. The number of allylic oxidation sites excluding steroid dienone is 2. The first-order chi connectivity index (χ1) is 7.56. The number of rotatable bonds is 1. The Morgan fingerprint density at radius 3 is 2.62 bits per heavy atom. The van der Waals surface area contributed by atoms with Crippen molar-refractivity contribution in [3.63, 3.8) is 0 Å². The summed E-state index contributed by atoms with van der Waals surface area (Å²) < 4.78 is 5.16. The van der Waals surface area contributed by atoms with Crippen LogP contribution < -0.4 is 0 Å². The number of phenols is 2. The number of hydrogen-bond donors (Lipinski definition) is 2. The Morgan fingerprint density at radius 1 is 1.31 bits per heavy atom. The minimum Gasteiger partial charge on any atom is -0.508 e. The molecule has 1 aromatic rings. The van der Waals surface area contributed by atoms with Gasteiger partial charge in [0.15, 0.2) is 5.76 Å². The number of benzene rings is 1. The quantitative estimate of drug-likeness (QED) is 0.707. The van der Waals surface area contributed by atoms with Crippen LogP contribution in [0.2, 0.25) is 0 Å². The summed E-state index contributed by atoms with van der Waals surface area (Å²) >= 11 is 0. The lowest BCUT2D eigenvalue weighted by Crippen LogP contribution is -1.92. The molecule has 2 rings (SSSR count). The number of carbonyl (C=O) groups is 1. The van der Waals surface area contributed by atoms with Crippen LogP contribution in [0.5, 0.6) is 11.5 Å². The molecule has 0 unspecified atom stereocenters. The average Bonchev–Trinajstić information content (AvgIpc) is 2.50. The second-order valence-corrected chi connectivity index (χ2v) is 3.47. The number of ketones is 1. The monoisotopic (exact) mass is 218 g/mol. The normalized spacial score (nSPS) is 17.4. The number of phenolic OH excluding ortho intramolecular Hbond substituents is 2. The highest BCUT2D eigenvalue weighted by atomic mass is 16.5. The molecule has 0 atom stereocenters. The predicted molar refractivity (Wildman–Crippen MR) is 57.6 cm³/mol. The van der Waals surface area contributed by atoms with Crippen molar-refractivity contribution in [3.05, 3.63) is 41.4 Å². The van der Waals surface area contributed by atoms with Crippen molar-refractivity contribution in [3.8, 4) is 11.5 Å². The van der Waals surface area contributed by atoms with Gasteiger partial charge >= 0.3 is 0 Å². The molecule has 4 heteroatoms. The zero-order valence-electron chi connectivity index (χ0n) is 8.60. The second-order valence-electron chi connectivity index (χ2n) is 3.47. The topological polar surface area (TPSA) is 66.8 Å². The Hall–Kier alpha value is -2.23. The van der Waals surface area contributed by atoms with Gasteiger partial charge in [-0.1, -0.05) is 0 Å². The largest absolute Gasteiger partial charge is 0.508 e. The lowest BCUT2D eigenvalue weighted by Gasteiger charge is -2.02. The minimum atomic E-state index is -0.232. The Labute approximate surface area is 92.1 Å². The van der Waals surface area contributed by atoms with E-state index < -0.39 is 0 Å². The molecule has 1 heterocycles. The highest BCUT2D eigenvalue weighted by Gasteiger charge is 2.18. The van der Waals surface area contributed by atoms with Gasteiger partial charge in [0.1, 0.15) is 17.3 Å². The van der Waals surface area contributed by atoms with Gasteiger partial charge in [-0.2, -0.15) is 0 Å². The third-order valence-corrected chi connectivity index (χ3v) is 2.15. The molecule has 0 saturated heterocycles. The second kappa shape index (κ2) is 3.73. The molecule has 4 nitrogen and oxygen atoms in total. The van der Waals surface area contributed by atoms with E-state index in [0.717, 1.165) is 0 Å². The van der Waals surface area contributed by atoms with Crippen molar-refractivity contribution in [1.29, 1.82) is 0 Å². The van der Waals surface area contributed by atoms with Crippen LogP contribution in [0.3, 0.4) is 0 Å². The third kappa shape index (κ3) is 1.91. The summed E-state index contributed by atoms with van der Waals surface area (Å²) in [6, 6.07) is 4.12. The summed E-state index contributed by atoms with van der Waals surface area (Å²) in [6.45, 7) is 1.68. The van der Waals surface area contributed by atoms with Gasteiger partial charge in [0.2, 0.25) is 5.78 Å². The van der Waals surface area contributed by atoms with Crippen molar-refractivity contribution in [1.82, 2.24) is 0 Å². The van der Waals surface area contributed by atoms with Crippen LogP contribution in [-0.2, 0) is 9.53 Å². The maximum atomic E-state index is 11.4. The summed E-state index contributed by atoms with van der Waals surface area (Å²) in [5, 5.41) is 18.6. The molecule has 1 aliphatic rings. The number of ether oxygens (including phenoxy) is 1. The van der Waals surface area contributed by atoms with Gasteiger partial charge in [0.05, 0.1) is 0 Å². The molecule has 0 spiro atoms. The SMILES string of the molecule is CC1=CC(=O)C(=Cc2ccc(O)cc2O)O1. The van der Waals surface area contributed by atoms with Crippen LogP contribution in [0.1, 0.15) is 12.5 Å². The molecule has 0 saturated carbocycles. The maximum absolute atomic E-state index is 11.4. The molecular formula is C12H10O4. The smallest absolute Gasteiger partial charge is 0.224 e. The summed E-state index contributed by atoms with van der Waals surface area (Å²) in [5.74, 6) is 0.319. The van der Waals surface area contributed by atoms with Gasteiger partial charge in [-0.25, -0.2) is 0 Å². The van der Waals surface area contributed by atoms with Gasteiger partial charge in [-0.05, 0) is 25.1 Å². The first kappa shape index (κ1) is 10.3. The van der Waals surface area contributed by atoms with Crippen LogP contribution in [0.15, 0.2) is 35.8 Å². The highest BCUT2D eigenvalue weighted by molar-refractivity contribution is 6.07. The Kier molecular flexibility index (Phi) is 2.40. The maximum Gasteiger partial charge on any atom is 0.224 e. The molecule has 0 amide bonds. The van der Waals surface area contributed by atoms with E-state index in [0.29, 0.717) is 11.3 Å². The Morgan fingerprint density at radius 2 is 2.06 bits per heavy atom. The first-order valence-corrected chi connectivity index (χ1v) is 4.70. The van der Waals surface area contributed by atoms with E-state index >= 15 is 0 Å². The zero-order valence-corrected chi connectivity index (χ0v) is 8.60. The van der Waals surface area contributed by atoms with Crippen molar-refractivity contribution in [2.75, 3.05) is 0 Å². The summed E-state index contributed by atoms with van der Waals surface area (Å²) in [6.07, 6.45) is 2.81. The summed E-state index contributed by atoms with van der Waals surface area (Å²) in [7, 11) is 0. The first-order valence-electron chi connectivity index (χ1n) is 4.70. The van der Waals surface area contributed by atoms with Gasteiger partial charge in [0, 0.05) is 17.7 Å². The fourth-order valence-corrected chi connectivity index (χ4v) is 1.40. The number of aromatic hydroxyl groups is 2. The molecule has 82 valence electrons. The van der Waals surface area contributed by atoms with E-state index in [1.54, 1.807) is 6.92 Å². The van der Waals surface area contributed by atoms with Crippen LogP contribution in [0, 0.1) is 0 Å². The van der Waals surface area contributed by atoms with Crippen molar-refractivity contribution < 1.29 is 19.7 Å². The molecule has 2 N–H and O–H groups in total. The van der Waals surface area contributed by atoms with E-state index in [1.165, 1.54) is 30.4 Å². The molecule has 0 aromatic heterocycles. The molecule has 0 bridgehead atoms. The lowest BCUT2D eigenvalue weighted by molar-refractivity contribution is -0.112. The van der Waals surface area contributed by atoms with Crippen molar-refractivity contribution in [2.24, 2.45) is 0 Å². The number of carbonyl (C=O) groups excluding carboxylic acids is 1. The Bertz CT molecular complexity index is 512. The van der Waals surface area contributed by atoms with E-state index in [1.807, 2.05) is 0 Å². The van der Waals surface area contributed by atoms with Gasteiger partial charge < -0.3 is 14.9 Å². The van der Waals surface area contributed by atoms with Gasteiger partial charge in [-0.3, -0.25) is 4.79 Å². The van der Waals surface area contributed by atoms with E-state index in [-0.39, 0.29) is 23.0 Å². The highest BCUT2D eigenvalue weighted by Crippen LogP contribution is 2.27. The minimum absolute atomic E-state index is 0.0346. The molecule has 0 fully saturated rings. The van der Waals surface area contributed by atoms with Crippen LogP contribution in [-0.4, -0.2) is 16.0 Å². The lowest BCUT2D eigenvalue weighted by atomic mass is 10.1. The Balaban J connectivity index is 2.34. The zero-order chi connectivity index (χ0) is 11.7. The van der Waals surface area contributed by atoms with E-state index in [2.05, 4.69) is 0 Å². The van der Waals surface area contributed by atoms with Crippen molar-refractivity contribution >= 4 is 11.9 Å². The summed E-state index contributed by atoms with van der Waals surface area (Å²) in [5.41, 5.74) is 0.421. The fourth-order valence-electron chi connectivity index (χ4n) is 1.40. The fraction of sp³-hybridized carbons (Fsp3) is 0.0833. The van der Waals surface area contributed by atoms with Gasteiger partial charge in [-0.15, -0.1) is 0 Å². The molecular weight excluding hydrogens is 208 g/mol. The molecule has 1 aromatic carbocycles. The number of hydrogen-bond acceptors (Lipinski definition) is 4. The van der Waals surface area contributed by atoms with Gasteiger partial charge in [0.25, 0.3) is 0 Å². The standard InChI is InChI=1S/C12H10O4/c1-7-4-11(15)12(16-7)5-8-2-3-9(13)6-10(8)14/h2-6,13-14H,1H3. The van der Waals surface area contributed by atoms with Crippen molar-refractivity contribution in [2.45, 2.75) is 6.92 Å². The summed E-state index contributed by atoms with van der Waals surface area (Å²) in [4.78, 5) is 11.4. The predicted octanol–water partition coefficient (Wildman–Crippen LogP) is 1.94. The van der Waals surface area contributed by atoms with E-state index in [4.69, 9.17) is 9.84 Å². The van der Waals surface area contributed by atoms with Crippen LogP contribution in [0.4, 0.5) is 0 Å². The molecule has 0 aliphatic carbocycles. The van der Waals surface area contributed by atoms with E-state index in [9.17, 15) is 9.90 Å². The average molecular weight is 218 g/mol. The van der Waals surface area contributed by atoms with Crippen LogP contribution >= 0.6 is 0 Å². The molecule has 0 radical (unpaired) electrons. The third-order valence-electron chi connectivity index (χ3n) is 2.15.